The third-order valence-corrected chi connectivity index (χ3v) is 5.69. The fourth-order valence-electron chi connectivity index (χ4n) is 2.83. The molecule has 0 aromatic heterocycles. The highest BCUT2D eigenvalue weighted by atomic mass is 32.2. The number of aliphatic carboxylic acids is 1. The predicted molar refractivity (Wildman–Crippen MR) is 120 cm³/mol. The largest absolute Gasteiger partial charge is 0.507 e. The number of thiocarbonyl (C=S) groups is 1. The molecule has 1 aliphatic rings. The summed E-state index contributed by atoms with van der Waals surface area (Å²) in [5, 5.41) is 28.2. The number of hydrogen-bond acceptors (Lipinski definition) is 7. The van der Waals surface area contributed by atoms with Crippen LogP contribution in [0.1, 0.15) is 29.3 Å². The van der Waals surface area contributed by atoms with Gasteiger partial charge in [0, 0.05) is 5.56 Å². The smallest absolute Gasteiger partial charge is 0.344 e. The van der Waals surface area contributed by atoms with Gasteiger partial charge in [0.2, 0.25) is 0 Å². The summed E-state index contributed by atoms with van der Waals surface area (Å²) in [6.45, 7) is 1.69. The van der Waals surface area contributed by atoms with E-state index in [2.05, 4.69) is 0 Å². The molecular weight excluding hydrogens is 442 g/mol. The Morgan fingerprint density at radius 3 is 2.58 bits per heavy atom. The average Bonchev–Trinajstić information content (AvgIpc) is 3.00. The molecule has 3 N–H and O–H groups in total. The highest BCUT2D eigenvalue weighted by Crippen LogP contribution is 2.38. The van der Waals surface area contributed by atoms with Gasteiger partial charge in [-0.15, -0.1) is 0 Å². The second kappa shape index (κ2) is 9.19. The van der Waals surface area contributed by atoms with Crippen molar-refractivity contribution in [2.45, 2.75) is 19.4 Å². The third kappa shape index (κ3) is 4.70. The zero-order valence-corrected chi connectivity index (χ0v) is 17.8. The van der Waals surface area contributed by atoms with Crippen molar-refractivity contribution >= 4 is 57.9 Å². The van der Waals surface area contributed by atoms with Gasteiger partial charge in [-0.3, -0.25) is 9.69 Å². The molecule has 2 aromatic rings. The molecule has 10 heteroatoms. The van der Waals surface area contributed by atoms with Crippen molar-refractivity contribution in [1.29, 1.82) is 0 Å². The fraction of sp³-hybridized carbons (Fsp3) is 0.143. The van der Waals surface area contributed by atoms with Gasteiger partial charge in [0.1, 0.15) is 17.1 Å². The Morgan fingerprint density at radius 2 is 1.94 bits per heavy atom. The Hall–Kier alpha value is -3.37. The topological polar surface area (TPSA) is 124 Å². The lowest BCUT2D eigenvalue weighted by Crippen LogP contribution is -2.27. The van der Waals surface area contributed by atoms with Crippen molar-refractivity contribution in [3.05, 3.63) is 58.5 Å². The van der Waals surface area contributed by atoms with E-state index in [0.717, 1.165) is 11.8 Å². The molecule has 0 aliphatic carbocycles. The van der Waals surface area contributed by atoms with E-state index in [0.29, 0.717) is 11.3 Å². The molecule has 1 aliphatic heterocycles. The SMILES string of the molecule is CCC(Oc1ccccc1/C=C1\SC(=S)N(c2ccc(O)c(C(=O)O)c2)C1=O)C(=O)O. The molecule has 0 saturated carbocycles. The van der Waals surface area contributed by atoms with Crippen LogP contribution in [0.25, 0.3) is 6.08 Å². The number of carbonyl (C=O) groups excluding carboxylic acids is 1. The number of carbonyl (C=O) groups is 3. The Kier molecular flexibility index (Phi) is 6.62. The van der Waals surface area contributed by atoms with Gasteiger partial charge in [-0.25, -0.2) is 9.59 Å². The Morgan fingerprint density at radius 1 is 1.23 bits per heavy atom. The van der Waals surface area contributed by atoms with Crippen LogP contribution in [-0.4, -0.2) is 43.6 Å². The van der Waals surface area contributed by atoms with Crippen LogP contribution in [0.4, 0.5) is 5.69 Å². The van der Waals surface area contributed by atoms with Gasteiger partial charge >= 0.3 is 11.9 Å². The molecule has 8 nitrogen and oxygen atoms in total. The second-order valence-electron chi connectivity index (χ2n) is 6.41. The van der Waals surface area contributed by atoms with Crippen LogP contribution in [0.15, 0.2) is 47.4 Å². The summed E-state index contributed by atoms with van der Waals surface area (Å²) in [5.41, 5.74) is 0.357. The number of hydrogen-bond donors (Lipinski definition) is 3. The molecule has 3 rings (SSSR count). The van der Waals surface area contributed by atoms with Crippen molar-refractivity contribution < 1.29 is 34.4 Å². The molecule has 1 unspecified atom stereocenters. The fourth-order valence-corrected chi connectivity index (χ4v) is 4.12. The first-order chi connectivity index (χ1) is 14.7. The van der Waals surface area contributed by atoms with E-state index in [1.165, 1.54) is 23.1 Å². The summed E-state index contributed by atoms with van der Waals surface area (Å²) >= 11 is 6.32. The number of benzene rings is 2. The molecule has 1 heterocycles. The van der Waals surface area contributed by atoms with Crippen LogP contribution < -0.4 is 9.64 Å². The molecular formula is C21H17NO7S2. The molecule has 2 aromatic carbocycles. The van der Waals surface area contributed by atoms with E-state index in [4.69, 9.17) is 17.0 Å². The monoisotopic (exact) mass is 459 g/mol. The third-order valence-electron chi connectivity index (χ3n) is 4.38. The number of ether oxygens (including phenoxy) is 1. The highest BCUT2D eigenvalue weighted by Gasteiger charge is 2.34. The lowest BCUT2D eigenvalue weighted by atomic mass is 10.1. The van der Waals surface area contributed by atoms with Crippen LogP contribution in [-0.2, 0) is 9.59 Å². The molecule has 0 spiro atoms. The number of carboxylic acids is 2. The van der Waals surface area contributed by atoms with Gasteiger partial charge in [0.15, 0.2) is 10.4 Å². The summed E-state index contributed by atoms with van der Waals surface area (Å²) in [5.74, 6) is -3.02. The van der Waals surface area contributed by atoms with Crippen molar-refractivity contribution in [2.75, 3.05) is 4.90 Å². The van der Waals surface area contributed by atoms with Crippen LogP contribution in [0.5, 0.6) is 11.5 Å². The maximum absolute atomic E-state index is 13.0. The Labute approximate surface area is 186 Å². The summed E-state index contributed by atoms with van der Waals surface area (Å²) in [7, 11) is 0. The molecule has 1 atom stereocenters. The quantitative estimate of drug-likeness (QED) is 0.419. The molecule has 0 bridgehead atoms. The van der Waals surface area contributed by atoms with Gasteiger partial charge in [0.05, 0.1) is 10.6 Å². The lowest BCUT2D eigenvalue weighted by Gasteiger charge is -2.16. The maximum atomic E-state index is 13.0. The Bertz CT molecular complexity index is 1110. The van der Waals surface area contributed by atoms with E-state index in [1.807, 2.05) is 0 Å². The molecule has 1 fully saturated rings. The number of para-hydroxylation sites is 1. The van der Waals surface area contributed by atoms with Gasteiger partial charge in [-0.2, -0.15) is 0 Å². The van der Waals surface area contributed by atoms with Crippen molar-refractivity contribution in [3.63, 3.8) is 0 Å². The van der Waals surface area contributed by atoms with Crippen molar-refractivity contribution in [3.8, 4) is 11.5 Å². The first-order valence-electron chi connectivity index (χ1n) is 9.05. The number of aromatic carboxylic acids is 1. The van der Waals surface area contributed by atoms with E-state index in [-0.39, 0.29) is 26.9 Å². The molecule has 1 saturated heterocycles. The van der Waals surface area contributed by atoms with Crippen LogP contribution in [0.2, 0.25) is 0 Å². The zero-order chi connectivity index (χ0) is 22.7. The molecule has 0 radical (unpaired) electrons. The first kappa shape index (κ1) is 22.3. The zero-order valence-electron chi connectivity index (χ0n) is 16.1. The van der Waals surface area contributed by atoms with Crippen LogP contribution >= 0.6 is 24.0 Å². The molecule has 31 heavy (non-hydrogen) atoms. The van der Waals surface area contributed by atoms with Gasteiger partial charge < -0.3 is 20.1 Å². The predicted octanol–water partition coefficient (Wildman–Crippen LogP) is 3.74. The summed E-state index contributed by atoms with van der Waals surface area (Å²) in [6.07, 6.45) is 0.774. The van der Waals surface area contributed by atoms with Gasteiger partial charge in [-0.05, 0) is 36.8 Å². The Balaban J connectivity index is 1.94. The first-order valence-corrected chi connectivity index (χ1v) is 10.3. The number of amides is 1. The normalized spacial score (nSPS) is 15.9. The number of phenols is 1. The number of thioether (sulfide) groups is 1. The second-order valence-corrected chi connectivity index (χ2v) is 8.09. The average molecular weight is 460 g/mol. The minimum absolute atomic E-state index is 0.189. The van der Waals surface area contributed by atoms with E-state index < -0.39 is 29.7 Å². The van der Waals surface area contributed by atoms with Crippen molar-refractivity contribution in [2.24, 2.45) is 0 Å². The van der Waals surface area contributed by atoms with E-state index in [9.17, 15) is 29.7 Å². The minimum Gasteiger partial charge on any atom is -0.507 e. The van der Waals surface area contributed by atoms with Gasteiger partial charge in [0.25, 0.3) is 5.91 Å². The van der Waals surface area contributed by atoms with Gasteiger partial charge in [-0.1, -0.05) is 49.1 Å². The van der Waals surface area contributed by atoms with E-state index >= 15 is 0 Å². The summed E-state index contributed by atoms with van der Waals surface area (Å²) in [6, 6.07) is 10.4. The van der Waals surface area contributed by atoms with Crippen molar-refractivity contribution in [1.82, 2.24) is 0 Å². The number of rotatable bonds is 7. The summed E-state index contributed by atoms with van der Waals surface area (Å²) in [4.78, 5) is 37.0. The lowest BCUT2D eigenvalue weighted by molar-refractivity contribution is -0.145. The number of aromatic hydroxyl groups is 1. The van der Waals surface area contributed by atoms with Crippen LogP contribution in [0.3, 0.4) is 0 Å². The minimum atomic E-state index is -1.34. The summed E-state index contributed by atoms with van der Waals surface area (Å²) < 4.78 is 5.78. The van der Waals surface area contributed by atoms with Crippen LogP contribution in [0, 0.1) is 0 Å². The highest BCUT2D eigenvalue weighted by molar-refractivity contribution is 8.27. The molecule has 160 valence electrons. The maximum Gasteiger partial charge on any atom is 0.344 e. The van der Waals surface area contributed by atoms with E-state index in [1.54, 1.807) is 37.3 Å². The molecule has 1 amide bonds. The number of nitrogens with zero attached hydrogens (tertiary/aromatic N) is 1. The standard InChI is InChI=1S/C21H17NO7S2/c1-2-15(20(27)28)29-16-6-4-3-5-11(16)9-17-18(24)22(21(30)31-17)12-7-8-14(23)13(10-12)19(25)26/h3-10,15,23H,2H2,1H3,(H,25,26)(H,27,28)/b17-9-. The number of carboxylic acid groups (broad SMARTS) is 2. The number of anilines is 1.